The topological polar surface area (TPSA) is 9.23 Å². The maximum absolute atomic E-state index is 4.69. The Morgan fingerprint density at radius 3 is 2.50 bits per heavy atom. The molecular formula is C4H8AuO. The van der Waals surface area contributed by atoms with Gasteiger partial charge in [-0.15, -0.1) is 0 Å². The quantitative estimate of drug-likeness (QED) is 0.550. The molecular weight excluding hydrogens is 261 g/mol. The fourth-order valence-corrected chi connectivity index (χ4v) is 0.458. The molecule has 1 radical (unpaired) electrons. The Morgan fingerprint density at radius 1 is 1.67 bits per heavy atom. The molecule has 0 aliphatic carbocycles. The second kappa shape index (κ2) is 5.70. The predicted molar refractivity (Wildman–Crippen MR) is 20.5 cm³/mol. The molecule has 41 valence electrons. The standard InChI is InChI=1S/C4H8O.Au/c1-2-3-4-5;/h1-4H2;/q-1;+1. The molecule has 0 fully saturated rings. The fourth-order valence-electron chi connectivity index (χ4n) is 0.146. The number of hydrogen-bond acceptors (Lipinski definition) is 1. The monoisotopic (exact) mass is 269 g/mol. The molecule has 0 amide bonds. The Kier molecular flexibility index (Phi) is 6.37. The zero-order valence-electron chi connectivity index (χ0n) is 3.54. The molecule has 0 aromatic heterocycles. The molecule has 0 aromatic carbocycles. The molecule has 0 saturated heterocycles. The SMILES string of the molecule is [CH2]CCC[O][Au]. The summed E-state index contributed by atoms with van der Waals surface area (Å²) in [6.45, 7) is 4.46. The predicted octanol–water partition coefficient (Wildman–Crippen LogP) is 1.08. The Bertz CT molecular complexity index is 19.5. The van der Waals surface area contributed by atoms with Gasteiger partial charge in [0.1, 0.15) is 0 Å². The summed E-state index contributed by atoms with van der Waals surface area (Å²) in [6, 6.07) is 0. The summed E-state index contributed by atoms with van der Waals surface area (Å²) in [5, 5.41) is 0. The summed E-state index contributed by atoms with van der Waals surface area (Å²) >= 11 is 2.04. The molecule has 0 atom stereocenters. The minimum atomic E-state index is 0.826. The third-order valence-electron chi connectivity index (χ3n) is 0.456. The first-order valence-electron chi connectivity index (χ1n) is 1.91. The Hall–Kier alpha value is 0.700. The molecule has 0 unspecified atom stereocenters. The van der Waals surface area contributed by atoms with Crippen molar-refractivity contribution in [3.63, 3.8) is 0 Å². The Morgan fingerprint density at radius 2 is 2.33 bits per heavy atom. The van der Waals surface area contributed by atoms with Crippen LogP contribution in [0.25, 0.3) is 0 Å². The average Bonchev–Trinajstić information content (AvgIpc) is 1.61. The van der Waals surface area contributed by atoms with Crippen LogP contribution in [0.4, 0.5) is 0 Å². The number of hydrogen-bond donors (Lipinski definition) is 0. The van der Waals surface area contributed by atoms with Gasteiger partial charge in [0.2, 0.25) is 0 Å². The summed E-state index contributed by atoms with van der Waals surface area (Å²) < 4.78 is 4.69. The first-order valence-corrected chi connectivity index (χ1v) is 2.80. The second-order valence-electron chi connectivity index (χ2n) is 0.998. The summed E-state index contributed by atoms with van der Waals surface area (Å²) in [6.07, 6.45) is 2.04. The summed E-state index contributed by atoms with van der Waals surface area (Å²) in [7, 11) is 0. The molecule has 0 aliphatic heterocycles. The van der Waals surface area contributed by atoms with Gasteiger partial charge < -0.3 is 0 Å². The van der Waals surface area contributed by atoms with Crippen LogP contribution in [0.15, 0.2) is 0 Å². The van der Waals surface area contributed by atoms with Gasteiger partial charge in [-0.25, -0.2) is 0 Å². The summed E-state index contributed by atoms with van der Waals surface area (Å²) in [4.78, 5) is 0. The van der Waals surface area contributed by atoms with Crippen LogP contribution in [0, 0.1) is 6.92 Å². The van der Waals surface area contributed by atoms with Crippen molar-refractivity contribution in [3.8, 4) is 0 Å². The van der Waals surface area contributed by atoms with Gasteiger partial charge in [-0.3, -0.25) is 0 Å². The Balaban J connectivity index is 2.34. The van der Waals surface area contributed by atoms with E-state index in [2.05, 4.69) is 10.2 Å². The summed E-state index contributed by atoms with van der Waals surface area (Å²) in [5.74, 6) is 0. The van der Waals surface area contributed by atoms with Crippen LogP contribution < -0.4 is 0 Å². The molecule has 1 nitrogen and oxygen atoms in total. The van der Waals surface area contributed by atoms with E-state index >= 15 is 0 Å². The molecule has 2 heteroatoms. The van der Waals surface area contributed by atoms with Crippen molar-refractivity contribution in [1.82, 2.24) is 0 Å². The van der Waals surface area contributed by atoms with Crippen LogP contribution in [0.1, 0.15) is 12.8 Å². The molecule has 0 rings (SSSR count). The van der Waals surface area contributed by atoms with E-state index in [0.717, 1.165) is 19.4 Å². The summed E-state index contributed by atoms with van der Waals surface area (Å²) in [5.41, 5.74) is 0. The van der Waals surface area contributed by atoms with Gasteiger partial charge in [-0.05, 0) is 0 Å². The van der Waals surface area contributed by atoms with Gasteiger partial charge in [0.25, 0.3) is 0 Å². The van der Waals surface area contributed by atoms with Crippen molar-refractivity contribution in [1.29, 1.82) is 0 Å². The molecule has 0 N–H and O–H groups in total. The van der Waals surface area contributed by atoms with Crippen LogP contribution in [-0.2, 0) is 24.7 Å². The zero-order valence-corrected chi connectivity index (χ0v) is 5.70. The van der Waals surface area contributed by atoms with E-state index in [0.29, 0.717) is 0 Å². The van der Waals surface area contributed by atoms with Crippen molar-refractivity contribution in [2.75, 3.05) is 6.61 Å². The van der Waals surface area contributed by atoms with Crippen LogP contribution in [-0.4, -0.2) is 6.61 Å². The number of rotatable bonds is 3. The van der Waals surface area contributed by atoms with Gasteiger partial charge in [-0.1, -0.05) is 0 Å². The molecule has 0 aromatic rings. The average molecular weight is 269 g/mol. The van der Waals surface area contributed by atoms with Crippen LogP contribution >= 0.6 is 0 Å². The third-order valence-corrected chi connectivity index (χ3v) is 0.898. The normalized spacial score (nSPS) is 9.17. The van der Waals surface area contributed by atoms with Gasteiger partial charge in [0.15, 0.2) is 0 Å². The first-order chi connectivity index (χ1) is 2.91. The maximum atomic E-state index is 4.69. The van der Waals surface area contributed by atoms with Crippen molar-refractivity contribution >= 4 is 0 Å². The van der Waals surface area contributed by atoms with E-state index in [9.17, 15) is 0 Å². The zero-order chi connectivity index (χ0) is 4.83. The van der Waals surface area contributed by atoms with E-state index in [1.54, 1.807) is 0 Å². The van der Waals surface area contributed by atoms with Crippen molar-refractivity contribution in [2.45, 2.75) is 12.8 Å². The van der Waals surface area contributed by atoms with Crippen LogP contribution in [0.3, 0.4) is 0 Å². The van der Waals surface area contributed by atoms with E-state index in [1.165, 1.54) is 0 Å². The van der Waals surface area contributed by atoms with Crippen molar-refractivity contribution in [2.24, 2.45) is 0 Å². The molecule has 0 saturated carbocycles. The molecule has 0 spiro atoms. The molecule has 0 heterocycles. The van der Waals surface area contributed by atoms with Gasteiger partial charge in [0.05, 0.1) is 0 Å². The third kappa shape index (κ3) is 4.70. The van der Waals surface area contributed by atoms with E-state index in [1.807, 2.05) is 21.5 Å². The van der Waals surface area contributed by atoms with Gasteiger partial charge >= 0.3 is 51.1 Å². The first kappa shape index (κ1) is 6.70. The number of unbranched alkanes of at least 4 members (excludes halogenated alkanes) is 1. The van der Waals surface area contributed by atoms with E-state index in [4.69, 9.17) is 0 Å². The second-order valence-corrected chi connectivity index (χ2v) is 1.62. The fraction of sp³-hybridized carbons (Fsp3) is 0.750. The van der Waals surface area contributed by atoms with Crippen LogP contribution in [0.2, 0.25) is 0 Å². The molecule has 0 bridgehead atoms. The van der Waals surface area contributed by atoms with Crippen molar-refractivity contribution < 1.29 is 24.7 Å². The van der Waals surface area contributed by atoms with E-state index < -0.39 is 0 Å². The van der Waals surface area contributed by atoms with E-state index in [-0.39, 0.29) is 0 Å². The minimum absolute atomic E-state index is 0.826. The Labute approximate surface area is 51.5 Å². The molecule has 6 heavy (non-hydrogen) atoms. The molecule has 0 aliphatic rings. The van der Waals surface area contributed by atoms with Crippen LogP contribution in [0.5, 0.6) is 0 Å². The van der Waals surface area contributed by atoms with Gasteiger partial charge in [-0.2, -0.15) is 0 Å². The van der Waals surface area contributed by atoms with Gasteiger partial charge in [0, 0.05) is 0 Å². The van der Waals surface area contributed by atoms with Crippen molar-refractivity contribution in [3.05, 3.63) is 6.92 Å².